The highest BCUT2D eigenvalue weighted by Crippen LogP contribution is 2.20. The summed E-state index contributed by atoms with van der Waals surface area (Å²) in [5.41, 5.74) is 4.24. The number of ether oxygens (including phenoxy) is 1. The van der Waals surface area contributed by atoms with Gasteiger partial charge in [-0.05, 0) is 43.4 Å². The Balaban J connectivity index is 1.85. The standard InChI is InChI=1S/C16H25NO2/c1-13-4-3-5-14(2)16(13)12-17-8-6-15(7-9-17)19-11-10-18/h3-5,15,18H,6-12H2,1-2H3. The Morgan fingerprint density at radius 2 is 1.84 bits per heavy atom. The van der Waals surface area contributed by atoms with Crippen LogP contribution in [0.5, 0.6) is 0 Å². The summed E-state index contributed by atoms with van der Waals surface area (Å²) in [5, 5.41) is 8.77. The van der Waals surface area contributed by atoms with Gasteiger partial charge in [-0.15, -0.1) is 0 Å². The highest BCUT2D eigenvalue weighted by atomic mass is 16.5. The van der Waals surface area contributed by atoms with Crippen LogP contribution in [0.2, 0.25) is 0 Å². The van der Waals surface area contributed by atoms with Crippen molar-refractivity contribution < 1.29 is 9.84 Å². The molecule has 1 N–H and O–H groups in total. The lowest BCUT2D eigenvalue weighted by Crippen LogP contribution is -2.37. The summed E-state index contributed by atoms with van der Waals surface area (Å²) in [6.45, 7) is 8.21. The van der Waals surface area contributed by atoms with Crippen LogP contribution >= 0.6 is 0 Å². The van der Waals surface area contributed by atoms with Gasteiger partial charge in [0.2, 0.25) is 0 Å². The Labute approximate surface area is 116 Å². The molecule has 3 heteroatoms. The molecule has 1 aromatic carbocycles. The Morgan fingerprint density at radius 1 is 1.21 bits per heavy atom. The predicted octanol–water partition coefficient (Wildman–Crippen LogP) is 2.28. The van der Waals surface area contributed by atoms with Crippen LogP contribution in [-0.2, 0) is 11.3 Å². The van der Waals surface area contributed by atoms with Crippen LogP contribution in [0.15, 0.2) is 18.2 Å². The van der Waals surface area contributed by atoms with Crippen LogP contribution < -0.4 is 0 Å². The molecule has 0 radical (unpaired) electrons. The second kappa shape index (κ2) is 7.04. The van der Waals surface area contributed by atoms with Crippen LogP contribution in [0.3, 0.4) is 0 Å². The molecule has 1 heterocycles. The molecule has 3 nitrogen and oxygen atoms in total. The van der Waals surface area contributed by atoms with Gasteiger partial charge < -0.3 is 9.84 Å². The van der Waals surface area contributed by atoms with Gasteiger partial charge in [-0.1, -0.05) is 18.2 Å². The minimum absolute atomic E-state index is 0.128. The lowest BCUT2D eigenvalue weighted by Gasteiger charge is -2.32. The van der Waals surface area contributed by atoms with Gasteiger partial charge in [0.05, 0.1) is 19.3 Å². The van der Waals surface area contributed by atoms with Crippen molar-refractivity contribution in [2.24, 2.45) is 0 Å². The zero-order valence-corrected chi connectivity index (χ0v) is 12.1. The summed E-state index contributed by atoms with van der Waals surface area (Å²) < 4.78 is 5.60. The molecule has 1 aromatic rings. The number of likely N-dealkylation sites (tertiary alicyclic amines) is 1. The summed E-state index contributed by atoms with van der Waals surface area (Å²) in [6.07, 6.45) is 2.48. The van der Waals surface area contributed by atoms with Gasteiger partial charge in [0.25, 0.3) is 0 Å². The van der Waals surface area contributed by atoms with Crippen molar-refractivity contribution in [3.8, 4) is 0 Å². The number of piperidine rings is 1. The molecule has 1 aliphatic heterocycles. The third-order valence-corrected chi connectivity index (χ3v) is 4.01. The van der Waals surface area contributed by atoms with Crippen molar-refractivity contribution in [2.75, 3.05) is 26.3 Å². The van der Waals surface area contributed by atoms with Crippen molar-refractivity contribution in [2.45, 2.75) is 39.3 Å². The maximum absolute atomic E-state index is 8.77. The lowest BCUT2D eigenvalue weighted by atomic mass is 10.0. The van der Waals surface area contributed by atoms with Crippen LogP contribution in [0, 0.1) is 13.8 Å². The normalized spacial score (nSPS) is 17.8. The van der Waals surface area contributed by atoms with Crippen molar-refractivity contribution in [3.05, 3.63) is 34.9 Å². The molecule has 0 saturated carbocycles. The zero-order chi connectivity index (χ0) is 13.7. The smallest absolute Gasteiger partial charge is 0.0701 e. The second-order valence-electron chi connectivity index (χ2n) is 5.44. The van der Waals surface area contributed by atoms with E-state index < -0.39 is 0 Å². The van der Waals surface area contributed by atoms with Gasteiger partial charge in [-0.3, -0.25) is 4.90 Å². The van der Waals surface area contributed by atoms with E-state index in [1.807, 2.05) is 0 Å². The van der Waals surface area contributed by atoms with E-state index in [4.69, 9.17) is 9.84 Å². The van der Waals surface area contributed by atoms with E-state index in [0.717, 1.165) is 32.5 Å². The quantitative estimate of drug-likeness (QED) is 0.884. The number of aliphatic hydroxyl groups is 1. The molecular weight excluding hydrogens is 238 g/mol. The summed E-state index contributed by atoms with van der Waals surface area (Å²) in [5.74, 6) is 0. The first-order valence-electron chi connectivity index (χ1n) is 7.20. The Morgan fingerprint density at radius 3 is 2.42 bits per heavy atom. The average molecular weight is 263 g/mol. The van der Waals surface area contributed by atoms with E-state index in [1.165, 1.54) is 16.7 Å². The summed E-state index contributed by atoms with van der Waals surface area (Å²) in [6, 6.07) is 6.52. The molecule has 1 saturated heterocycles. The van der Waals surface area contributed by atoms with Gasteiger partial charge in [0.1, 0.15) is 0 Å². The fourth-order valence-electron chi connectivity index (χ4n) is 2.78. The minimum Gasteiger partial charge on any atom is -0.394 e. The third kappa shape index (κ3) is 4.03. The fourth-order valence-corrected chi connectivity index (χ4v) is 2.78. The summed E-state index contributed by atoms with van der Waals surface area (Å²) in [7, 11) is 0. The van der Waals surface area contributed by atoms with Crippen LogP contribution in [0.1, 0.15) is 29.5 Å². The number of benzene rings is 1. The van der Waals surface area contributed by atoms with Crippen molar-refractivity contribution in [1.82, 2.24) is 4.90 Å². The number of aliphatic hydroxyl groups excluding tert-OH is 1. The van der Waals surface area contributed by atoms with Gasteiger partial charge >= 0.3 is 0 Å². The maximum atomic E-state index is 8.77. The van der Waals surface area contributed by atoms with Crippen LogP contribution in [0.25, 0.3) is 0 Å². The highest BCUT2D eigenvalue weighted by Gasteiger charge is 2.20. The average Bonchev–Trinajstić information content (AvgIpc) is 2.42. The van der Waals surface area contributed by atoms with E-state index in [1.54, 1.807) is 0 Å². The summed E-state index contributed by atoms with van der Waals surface area (Å²) >= 11 is 0. The molecule has 1 aliphatic rings. The molecule has 0 bridgehead atoms. The molecule has 1 fully saturated rings. The van der Waals surface area contributed by atoms with Gasteiger partial charge in [-0.25, -0.2) is 0 Å². The Hall–Kier alpha value is -0.900. The first-order valence-corrected chi connectivity index (χ1v) is 7.20. The van der Waals surface area contributed by atoms with Crippen molar-refractivity contribution in [3.63, 3.8) is 0 Å². The van der Waals surface area contributed by atoms with Gasteiger partial charge in [0.15, 0.2) is 0 Å². The summed E-state index contributed by atoms with van der Waals surface area (Å²) in [4.78, 5) is 2.51. The molecule has 0 aromatic heterocycles. The number of rotatable bonds is 5. The van der Waals surface area contributed by atoms with Crippen molar-refractivity contribution in [1.29, 1.82) is 0 Å². The number of nitrogens with zero attached hydrogens (tertiary/aromatic N) is 1. The maximum Gasteiger partial charge on any atom is 0.0701 e. The predicted molar refractivity (Wildman–Crippen MR) is 77.3 cm³/mol. The molecule has 0 atom stereocenters. The number of hydrogen-bond acceptors (Lipinski definition) is 3. The highest BCUT2D eigenvalue weighted by molar-refractivity contribution is 5.33. The molecule has 2 rings (SSSR count). The van der Waals surface area contributed by atoms with E-state index in [9.17, 15) is 0 Å². The fraction of sp³-hybridized carbons (Fsp3) is 0.625. The van der Waals surface area contributed by atoms with E-state index in [-0.39, 0.29) is 6.61 Å². The lowest BCUT2D eigenvalue weighted by molar-refractivity contribution is -0.00906. The zero-order valence-electron chi connectivity index (χ0n) is 12.1. The minimum atomic E-state index is 0.128. The molecule has 0 amide bonds. The molecule has 0 unspecified atom stereocenters. The Bertz CT molecular complexity index is 377. The van der Waals surface area contributed by atoms with E-state index >= 15 is 0 Å². The molecule has 106 valence electrons. The van der Waals surface area contributed by atoms with E-state index in [2.05, 4.69) is 36.9 Å². The number of aryl methyl sites for hydroxylation is 2. The van der Waals surface area contributed by atoms with E-state index in [0.29, 0.717) is 12.7 Å². The van der Waals surface area contributed by atoms with Crippen LogP contribution in [0.4, 0.5) is 0 Å². The molecule has 0 spiro atoms. The van der Waals surface area contributed by atoms with Gasteiger partial charge in [-0.2, -0.15) is 0 Å². The first kappa shape index (κ1) is 14.5. The van der Waals surface area contributed by atoms with Gasteiger partial charge in [0, 0.05) is 19.6 Å². The molecular formula is C16H25NO2. The SMILES string of the molecule is Cc1cccc(C)c1CN1CCC(OCCO)CC1. The Kier molecular flexibility index (Phi) is 5.37. The third-order valence-electron chi connectivity index (χ3n) is 4.01. The molecule has 19 heavy (non-hydrogen) atoms. The van der Waals surface area contributed by atoms with Crippen LogP contribution in [-0.4, -0.2) is 42.4 Å². The number of hydrogen-bond donors (Lipinski definition) is 1. The second-order valence-corrected chi connectivity index (χ2v) is 5.44. The van der Waals surface area contributed by atoms with Crippen molar-refractivity contribution >= 4 is 0 Å². The topological polar surface area (TPSA) is 32.7 Å². The monoisotopic (exact) mass is 263 g/mol. The molecule has 0 aliphatic carbocycles. The first-order chi connectivity index (χ1) is 9.20. The largest absolute Gasteiger partial charge is 0.394 e.